The van der Waals surface area contributed by atoms with Gasteiger partial charge in [0, 0.05) is 50.7 Å². The molecular weight excluding hydrogens is 400 g/mol. The SMILES string of the molecule is c1ccc(COC2CCN(Cc3ccc4c(c3)CN(Cc3ncc[nH]3)CCO4)CC2)cc1. The molecule has 32 heavy (non-hydrogen) atoms. The summed E-state index contributed by atoms with van der Waals surface area (Å²) in [5, 5.41) is 0. The molecule has 0 atom stereocenters. The molecule has 6 heteroatoms. The summed E-state index contributed by atoms with van der Waals surface area (Å²) in [4.78, 5) is 12.5. The molecular formula is C26H32N4O2. The molecule has 1 saturated heterocycles. The number of benzene rings is 2. The van der Waals surface area contributed by atoms with Crippen molar-refractivity contribution in [2.45, 2.75) is 45.2 Å². The van der Waals surface area contributed by atoms with Crippen molar-refractivity contribution in [2.24, 2.45) is 0 Å². The lowest BCUT2D eigenvalue weighted by Crippen LogP contribution is -2.36. The Morgan fingerprint density at radius 3 is 2.66 bits per heavy atom. The van der Waals surface area contributed by atoms with E-state index in [1.165, 1.54) is 16.7 Å². The third-order valence-corrected chi connectivity index (χ3v) is 6.38. The van der Waals surface area contributed by atoms with Crippen molar-refractivity contribution in [1.29, 1.82) is 0 Å². The van der Waals surface area contributed by atoms with E-state index in [0.717, 1.165) is 63.7 Å². The van der Waals surface area contributed by atoms with Gasteiger partial charge in [-0.15, -0.1) is 0 Å². The maximum atomic E-state index is 6.15. The number of hydrogen-bond acceptors (Lipinski definition) is 5. The predicted molar refractivity (Wildman–Crippen MR) is 124 cm³/mol. The molecule has 0 spiro atoms. The Hall–Kier alpha value is -2.67. The van der Waals surface area contributed by atoms with Gasteiger partial charge in [0.25, 0.3) is 0 Å². The van der Waals surface area contributed by atoms with Gasteiger partial charge in [-0.25, -0.2) is 4.98 Å². The van der Waals surface area contributed by atoms with Gasteiger partial charge in [0.05, 0.1) is 19.3 Å². The van der Waals surface area contributed by atoms with Crippen molar-refractivity contribution < 1.29 is 9.47 Å². The van der Waals surface area contributed by atoms with Crippen molar-refractivity contribution in [3.8, 4) is 5.75 Å². The summed E-state index contributed by atoms with van der Waals surface area (Å²) in [6.07, 6.45) is 6.24. The Kier molecular flexibility index (Phi) is 6.82. The number of likely N-dealkylation sites (tertiary alicyclic amines) is 1. The highest BCUT2D eigenvalue weighted by Gasteiger charge is 2.21. The van der Waals surface area contributed by atoms with E-state index < -0.39 is 0 Å². The minimum absolute atomic E-state index is 0.363. The number of H-pyrrole nitrogens is 1. The van der Waals surface area contributed by atoms with Gasteiger partial charge in [-0.3, -0.25) is 9.80 Å². The molecule has 0 aliphatic carbocycles. The molecule has 2 aliphatic heterocycles. The van der Waals surface area contributed by atoms with Crippen LogP contribution >= 0.6 is 0 Å². The number of aromatic amines is 1. The van der Waals surface area contributed by atoms with E-state index in [2.05, 4.69) is 62.2 Å². The molecule has 0 saturated carbocycles. The molecule has 168 valence electrons. The van der Waals surface area contributed by atoms with Crippen LogP contribution in [-0.4, -0.2) is 52.1 Å². The smallest absolute Gasteiger partial charge is 0.123 e. The first-order valence-electron chi connectivity index (χ1n) is 11.6. The second-order valence-corrected chi connectivity index (χ2v) is 8.81. The number of aromatic nitrogens is 2. The molecule has 2 aromatic carbocycles. The van der Waals surface area contributed by atoms with Crippen LogP contribution in [0.15, 0.2) is 60.9 Å². The average Bonchev–Trinajstić information content (AvgIpc) is 3.25. The second-order valence-electron chi connectivity index (χ2n) is 8.81. The third kappa shape index (κ3) is 5.57. The molecule has 1 N–H and O–H groups in total. The molecule has 0 bridgehead atoms. The minimum atomic E-state index is 0.363. The Bertz CT molecular complexity index is 969. The lowest BCUT2D eigenvalue weighted by Gasteiger charge is -2.32. The fourth-order valence-corrected chi connectivity index (χ4v) is 4.61. The maximum absolute atomic E-state index is 6.15. The minimum Gasteiger partial charge on any atom is -0.492 e. The van der Waals surface area contributed by atoms with Gasteiger partial charge >= 0.3 is 0 Å². The van der Waals surface area contributed by atoms with E-state index in [1.807, 2.05) is 18.5 Å². The van der Waals surface area contributed by atoms with Gasteiger partial charge in [-0.05, 0) is 36.1 Å². The zero-order chi connectivity index (χ0) is 21.6. The van der Waals surface area contributed by atoms with Crippen molar-refractivity contribution in [1.82, 2.24) is 19.8 Å². The highest BCUT2D eigenvalue weighted by atomic mass is 16.5. The summed E-state index contributed by atoms with van der Waals surface area (Å²) in [7, 11) is 0. The van der Waals surface area contributed by atoms with Gasteiger partial charge < -0.3 is 14.5 Å². The Labute approximate surface area is 190 Å². The first-order valence-corrected chi connectivity index (χ1v) is 11.6. The fourth-order valence-electron chi connectivity index (χ4n) is 4.61. The van der Waals surface area contributed by atoms with Crippen LogP contribution in [0.25, 0.3) is 0 Å². The summed E-state index contributed by atoms with van der Waals surface area (Å²) in [6.45, 7) is 7.18. The quantitative estimate of drug-likeness (QED) is 0.612. The van der Waals surface area contributed by atoms with Gasteiger partial charge in [0.2, 0.25) is 0 Å². The van der Waals surface area contributed by atoms with Crippen LogP contribution in [-0.2, 0) is 31.0 Å². The van der Waals surface area contributed by atoms with E-state index in [0.29, 0.717) is 19.3 Å². The van der Waals surface area contributed by atoms with Crippen LogP contribution in [0.2, 0.25) is 0 Å². The van der Waals surface area contributed by atoms with Crippen LogP contribution in [0.3, 0.4) is 0 Å². The number of nitrogens with one attached hydrogen (secondary N) is 1. The maximum Gasteiger partial charge on any atom is 0.123 e. The molecule has 3 aromatic rings. The molecule has 0 amide bonds. The summed E-state index contributed by atoms with van der Waals surface area (Å²) in [6, 6.07) is 17.2. The van der Waals surface area contributed by atoms with Crippen LogP contribution < -0.4 is 4.74 Å². The van der Waals surface area contributed by atoms with E-state index >= 15 is 0 Å². The second kappa shape index (κ2) is 10.3. The summed E-state index contributed by atoms with van der Waals surface area (Å²) in [5.41, 5.74) is 3.88. The van der Waals surface area contributed by atoms with E-state index in [9.17, 15) is 0 Å². The topological polar surface area (TPSA) is 53.6 Å². The first kappa shape index (κ1) is 21.2. The van der Waals surface area contributed by atoms with Crippen LogP contribution in [0.4, 0.5) is 0 Å². The average molecular weight is 433 g/mol. The van der Waals surface area contributed by atoms with Gasteiger partial charge in [-0.1, -0.05) is 36.4 Å². The normalized spacial score (nSPS) is 18.1. The van der Waals surface area contributed by atoms with Gasteiger partial charge in [0.15, 0.2) is 0 Å². The molecule has 0 unspecified atom stereocenters. The molecule has 1 aromatic heterocycles. The van der Waals surface area contributed by atoms with Gasteiger partial charge in [-0.2, -0.15) is 0 Å². The molecule has 2 aliphatic rings. The summed E-state index contributed by atoms with van der Waals surface area (Å²) < 4.78 is 12.2. The fraction of sp³-hybridized carbons (Fsp3) is 0.423. The number of rotatable bonds is 7. The number of piperidine rings is 1. The van der Waals surface area contributed by atoms with Crippen molar-refractivity contribution in [2.75, 3.05) is 26.2 Å². The number of nitrogens with zero attached hydrogens (tertiary/aromatic N) is 3. The van der Waals surface area contributed by atoms with Crippen molar-refractivity contribution >= 4 is 0 Å². The number of ether oxygens (including phenoxy) is 2. The zero-order valence-electron chi connectivity index (χ0n) is 18.6. The highest BCUT2D eigenvalue weighted by molar-refractivity contribution is 5.38. The Morgan fingerprint density at radius 1 is 0.969 bits per heavy atom. The molecule has 0 radical (unpaired) electrons. The number of fused-ring (bicyclic) bond motifs is 1. The van der Waals surface area contributed by atoms with E-state index in [4.69, 9.17) is 9.47 Å². The Morgan fingerprint density at radius 2 is 1.84 bits per heavy atom. The zero-order valence-corrected chi connectivity index (χ0v) is 18.6. The van der Waals surface area contributed by atoms with Gasteiger partial charge in [0.1, 0.15) is 18.2 Å². The van der Waals surface area contributed by atoms with Crippen molar-refractivity contribution in [3.63, 3.8) is 0 Å². The Balaban J connectivity index is 1.13. The molecule has 1 fully saturated rings. The number of hydrogen-bond donors (Lipinski definition) is 1. The van der Waals surface area contributed by atoms with Crippen LogP contribution in [0.5, 0.6) is 5.75 Å². The van der Waals surface area contributed by atoms with Crippen LogP contribution in [0.1, 0.15) is 35.4 Å². The first-order chi connectivity index (χ1) is 15.8. The molecule has 5 rings (SSSR count). The molecule has 6 nitrogen and oxygen atoms in total. The highest BCUT2D eigenvalue weighted by Crippen LogP contribution is 2.26. The lowest BCUT2D eigenvalue weighted by molar-refractivity contribution is -0.00394. The monoisotopic (exact) mass is 432 g/mol. The van der Waals surface area contributed by atoms with E-state index in [-0.39, 0.29) is 0 Å². The predicted octanol–water partition coefficient (Wildman–Crippen LogP) is 3.99. The third-order valence-electron chi connectivity index (χ3n) is 6.38. The molecule has 3 heterocycles. The number of imidazole rings is 1. The van der Waals surface area contributed by atoms with Crippen molar-refractivity contribution in [3.05, 3.63) is 83.4 Å². The lowest BCUT2D eigenvalue weighted by atomic mass is 10.0. The standard InChI is InChI=1S/C26H32N4O2/c1-2-4-21(5-3-1)20-32-24-8-12-29(13-9-24)17-22-6-7-25-23(16-22)18-30(14-15-31-25)19-26-27-10-11-28-26/h1-7,10-11,16,24H,8-9,12-15,17-20H2,(H,27,28). The largest absolute Gasteiger partial charge is 0.492 e. The van der Waals surface area contributed by atoms with E-state index in [1.54, 1.807) is 0 Å². The van der Waals surface area contributed by atoms with Crippen LogP contribution in [0, 0.1) is 0 Å². The summed E-state index contributed by atoms with van der Waals surface area (Å²) >= 11 is 0. The summed E-state index contributed by atoms with van der Waals surface area (Å²) in [5.74, 6) is 2.02.